The fourth-order valence-corrected chi connectivity index (χ4v) is 0.524. The van der Waals surface area contributed by atoms with Crippen LogP contribution in [0.1, 0.15) is 13.8 Å². The topological polar surface area (TPSA) is 18.5 Å². The molecule has 0 aliphatic rings. The van der Waals surface area contributed by atoms with Crippen molar-refractivity contribution in [2.45, 2.75) is 19.4 Å². The average Bonchev–Trinajstić information content (AvgIpc) is 1.67. The van der Waals surface area contributed by atoms with Crippen LogP contribution in [-0.4, -0.2) is 29.8 Å². The van der Waals surface area contributed by atoms with Crippen LogP contribution in [-0.2, 0) is 9.16 Å². The summed E-state index contributed by atoms with van der Waals surface area (Å²) in [5.74, 6) is 0. The van der Waals surface area contributed by atoms with Gasteiger partial charge < -0.3 is 9.16 Å². The molecule has 0 bridgehead atoms. The van der Waals surface area contributed by atoms with Crippen LogP contribution >= 0.6 is 0 Å². The minimum absolute atomic E-state index is 0.0685. The first-order valence-electron chi connectivity index (χ1n) is 2.66. The Hall–Kier alpha value is 0.137. The van der Waals surface area contributed by atoms with Gasteiger partial charge in [-0.1, -0.05) is 0 Å². The van der Waals surface area contributed by atoms with E-state index < -0.39 is 0 Å². The molecule has 0 aromatic rings. The van der Waals surface area contributed by atoms with Crippen molar-refractivity contribution in [2.75, 3.05) is 13.7 Å². The molecule has 0 radical (unpaired) electrons. The van der Waals surface area contributed by atoms with Gasteiger partial charge >= 0.3 is 0 Å². The third-order valence-corrected chi connectivity index (χ3v) is 2.15. The van der Waals surface area contributed by atoms with Crippen molar-refractivity contribution in [3.63, 3.8) is 0 Å². The van der Waals surface area contributed by atoms with Crippen LogP contribution < -0.4 is 0 Å². The second-order valence-corrected chi connectivity index (χ2v) is 2.81. The number of methoxy groups -OCH3 is 1. The van der Waals surface area contributed by atoms with Crippen molar-refractivity contribution in [3.05, 3.63) is 0 Å². The lowest BCUT2D eigenvalue weighted by Crippen LogP contribution is -2.28. The first-order chi connectivity index (χ1) is 3.62. The molecule has 50 valence electrons. The van der Waals surface area contributed by atoms with E-state index in [-0.39, 0.29) is 5.60 Å². The molecule has 0 aliphatic heterocycles. The molecule has 0 spiro atoms. The fourth-order valence-electron chi connectivity index (χ4n) is 0.407. The van der Waals surface area contributed by atoms with Gasteiger partial charge in [0.15, 0.2) is 0 Å². The number of ether oxygens (including phenoxy) is 1. The molecule has 0 heterocycles. The summed E-state index contributed by atoms with van der Waals surface area (Å²) in [5, 5.41) is 0. The Kier molecular flexibility index (Phi) is 3.27. The summed E-state index contributed by atoms with van der Waals surface area (Å²) < 4.78 is 10.1. The predicted octanol–water partition coefficient (Wildman–Crippen LogP) is -0.292. The molecule has 0 aliphatic carbocycles. The summed E-state index contributed by atoms with van der Waals surface area (Å²) in [6.45, 7) is 4.71. The summed E-state index contributed by atoms with van der Waals surface area (Å²) in [7, 11) is 2.46. The maximum atomic E-state index is 5.19. The molecule has 0 amide bonds. The van der Waals surface area contributed by atoms with Crippen LogP contribution in [0.25, 0.3) is 0 Å². The highest BCUT2D eigenvalue weighted by Gasteiger charge is 2.13. The van der Waals surface area contributed by atoms with E-state index in [1.165, 1.54) is 0 Å². The number of hydrogen-bond donors (Lipinski definition) is 0. The van der Waals surface area contributed by atoms with Gasteiger partial charge in [-0.3, -0.25) is 0 Å². The molecule has 0 aromatic heterocycles. The van der Waals surface area contributed by atoms with Gasteiger partial charge in [-0.25, -0.2) is 0 Å². The molecule has 0 unspecified atom stereocenters. The Morgan fingerprint density at radius 3 is 2.12 bits per heavy atom. The maximum Gasteiger partial charge on any atom is 0.146 e. The second-order valence-electron chi connectivity index (χ2n) is 2.40. The van der Waals surface area contributed by atoms with Gasteiger partial charge in [0.1, 0.15) is 10.5 Å². The van der Waals surface area contributed by atoms with E-state index in [0.29, 0.717) is 6.61 Å². The molecule has 0 fully saturated rings. The second kappa shape index (κ2) is 3.22. The van der Waals surface area contributed by atoms with Gasteiger partial charge in [0.25, 0.3) is 0 Å². The predicted molar refractivity (Wildman–Crippen MR) is 37.0 cm³/mol. The van der Waals surface area contributed by atoms with Crippen molar-refractivity contribution >= 4 is 10.5 Å². The minimum Gasteiger partial charge on any atom is -0.421 e. The average molecular weight is 134 g/mol. The standard InChI is InChI=1S/C5H14O2Si/c1-5(2,7-8)4-6-3/h4H2,1-3,8H3. The minimum atomic E-state index is -0.0685. The zero-order valence-electron chi connectivity index (χ0n) is 6.02. The summed E-state index contributed by atoms with van der Waals surface area (Å²) in [4.78, 5) is 0. The van der Waals surface area contributed by atoms with E-state index >= 15 is 0 Å². The van der Waals surface area contributed by atoms with E-state index in [2.05, 4.69) is 0 Å². The third kappa shape index (κ3) is 3.18. The Labute approximate surface area is 53.7 Å². The monoisotopic (exact) mass is 134 g/mol. The lowest BCUT2D eigenvalue weighted by Gasteiger charge is -2.21. The molecule has 0 aromatic carbocycles. The van der Waals surface area contributed by atoms with E-state index in [1.807, 2.05) is 13.8 Å². The van der Waals surface area contributed by atoms with Gasteiger partial charge in [-0.05, 0) is 13.8 Å². The van der Waals surface area contributed by atoms with Crippen molar-refractivity contribution in [3.8, 4) is 0 Å². The SMILES string of the molecule is COCC(C)(C)O[SiH3]. The summed E-state index contributed by atoms with van der Waals surface area (Å²) in [5.41, 5.74) is -0.0685. The van der Waals surface area contributed by atoms with Crippen LogP contribution in [0.15, 0.2) is 0 Å². The lowest BCUT2D eigenvalue weighted by molar-refractivity contribution is 0.0242. The first kappa shape index (κ1) is 8.14. The summed E-state index contributed by atoms with van der Waals surface area (Å²) >= 11 is 0. The maximum absolute atomic E-state index is 5.19. The van der Waals surface area contributed by atoms with Crippen LogP contribution in [0.5, 0.6) is 0 Å². The highest BCUT2D eigenvalue weighted by atomic mass is 28.2. The Balaban J connectivity index is 3.37. The molecular weight excluding hydrogens is 120 g/mol. The Morgan fingerprint density at radius 1 is 1.50 bits per heavy atom. The summed E-state index contributed by atoms with van der Waals surface area (Å²) in [6.07, 6.45) is 0. The Bertz CT molecular complexity index is 63.4. The van der Waals surface area contributed by atoms with Crippen LogP contribution in [0.2, 0.25) is 0 Å². The largest absolute Gasteiger partial charge is 0.421 e. The number of hydrogen-bond acceptors (Lipinski definition) is 2. The van der Waals surface area contributed by atoms with Crippen molar-refractivity contribution in [2.24, 2.45) is 0 Å². The third-order valence-electron chi connectivity index (χ3n) is 1.04. The highest BCUT2D eigenvalue weighted by molar-refractivity contribution is 5.98. The van der Waals surface area contributed by atoms with Crippen molar-refractivity contribution < 1.29 is 9.16 Å². The Morgan fingerprint density at radius 2 is 2.00 bits per heavy atom. The first-order valence-corrected chi connectivity index (χ1v) is 3.48. The smallest absolute Gasteiger partial charge is 0.146 e. The number of rotatable bonds is 3. The van der Waals surface area contributed by atoms with Gasteiger partial charge in [0.2, 0.25) is 0 Å². The zero-order chi connectivity index (χ0) is 6.62. The van der Waals surface area contributed by atoms with Crippen molar-refractivity contribution in [1.29, 1.82) is 0 Å². The molecule has 2 nitrogen and oxygen atoms in total. The van der Waals surface area contributed by atoms with E-state index in [1.54, 1.807) is 7.11 Å². The van der Waals surface area contributed by atoms with Crippen LogP contribution in [0.4, 0.5) is 0 Å². The van der Waals surface area contributed by atoms with E-state index in [9.17, 15) is 0 Å². The molecular formula is C5H14O2Si. The van der Waals surface area contributed by atoms with Crippen molar-refractivity contribution in [1.82, 2.24) is 0 Å². The molecule has 0 rings (SSSR count). The normalized spacial score (nSPS) is 12.4. The molecule has 0 saturated carbocycles. The van der Waals surface area contributed by atoms with Crippen LogP contribution in [0.3, 0.4) is 0 Å². The van der Waals surface area contributed by atoms with Crippen LogP contribution in [0, 0.1) is 0 Å². The molecule has 0 saturated heterocycles. The van der Waals surface area contributed by atoms with Gasteiger partial charge in [-0.2, -0.15) is 0 Å². The van der Waals surface area contributed by atoms with E-state index in [0.717, 1.165) is 10.5 Å². The summed E-state index contributed by atoms with van der Waals surface area (Å²) in [6, 6.07) is 0. The molecule has 3 heteroatoms. The molecule has 8 heavy (non-hydrogen) atoms. The highest BCUT2D eigenvalue weighted by Crippen LogP contribution is 2.05. The van der Waals surface area contributed by atoms with Gasteiger partial charge in [-0.15, -0.1) is 0 Å². The molecule has 0 N–H and O–H groups in total. The van der Waals surface area contributed by atoms with E-state index in [4.69, 9.17) is 9.16 Å². The quantitative estimate of drug-likeness (QED) is 0.494. The van der Waals surface area contributed by atoms with Gasteiger partial charge in [0.05, 0.1) is 12.2 Å². The molecule has 0 atom stereocenters. The zero-order valence-corrected chi connectivity index (χ0v) is 8.02. The fraction of sp³-hybridized carbons (Fsp3) is 1.00. The van der Waals surface area contributed by atoms with Gasteiger partial charge in [0, 0.05) is 7.11 Å². The lowest BCUT2D eigenvalue weighted by atomic mass is 10.2.